The first-order chi connectivity index (χ1) is 7.27. The van der Waals surface area contributed by atoms with Crippen LogP contribution in [-0.2, 0) is 0 Å². The van der Waals surface area contributed by atoms with Gasteiger partial charge in [0, 0.05) is 19.3 Å². The highest BCUT2D eigenvalue weighted by Gasteiger charge is 2.12. The summed E-state index contributed by atoms with van der Waals surface area (Å²) in [5.74, 6) is 0.941. The van der Waals surface area contributed by atoms with Gasteiger partial charge in [0.1, 0.15) is 5.82 Å². The Morgan fingerprint density at radius 1 is 1.27 bits per heavy atom. The third kappa shape index (κ3) is 2.48. The Labute approximate surface area is 94.1 Å². The van der Waals surface area contributed by atoms with Gasteiger partial charge in [-0.1, -0.05) is 0 Å². The van der Waals surface area contributed by atoms with Crippen LogP contribution in [0.15, 0.2) is 18.3 Å². The molecule has 0 atom stereocenters. The number of piperidine rings is 1. The zero-order chi connectivity index (χ0) is 10.7. The molecule has 1 aromatic heterocycles. The van der Waals surface area contributed by atoms with Crippen LogP contribution in [0, 0.1) is 0 Å². The van der Waals surface area contributed by atoms with E-state index < -0.39 is 5.24 Å². The average Bonchev–Trinajstić information content (AvgIpc) is 2.30. The van der Waals surface area contributed by atoms with Gasteiger partial charge in [-0.2, -0.15) is 0 Å². The molecule has 1 aliphatic heterocycles. The summed E-state index contributed by atoms with van der Waals surface area (Å²) < 4.78 is 0. The summed E-state index contributed by atoms with van der Waals surface area (Å²) in [6.45, 7) is 2.11. The Balaban J connectivity index is 2.11. The molecule has 1 saturated heterocycles. The fourth-order valence-corrected chi connectivity index (χ4v) is 1.92. The van der Waals surface area contributed by atoms with E-state index in [1.165, 1.54) is 19.3 Å². The van der Waals surface area contributed by atoms with Crippen LogP contribution in [0.1, 0.15) is 29.6 Å². The number of carbonyl (C=O) groups excluding carboxylic acids is 1. The minimum Gasteiger partial charge on any atom is -0.357 e. The zero-order valence-corrected chi connectivity index (χ0v) is 9.20. The van der Waals surface area contributed by atoms with Crippen molar-refractivity contribution in [1.82, 2.24) is 4.98 Å². The normalized spacial score (nSPS) is 16.5. The maximum absolute atomic E-state index is 10.8. The molecule has 2 heterocycles. The summed E-state index contributed by atoms with van der Waals surface area (Å²) in [5, 5.41) is -0.451. The number of aromatic nitrogens is 1. The summed E-state index contributed by atoms with van der Waals surface area (Å²) in [6, 6.07) is 3.59. The lowest BCUT2D eigenvalue weighted by atomic mass is 10.1. The highest BCUT2D eigenvalue weighted by molar-refractivity contribution is 6.67. The van der Waals surface area contributed by atoms with Crippen molar-refractivity contribution in [2.75, 3.05) is 18.0 Å². The fourth-order valence-electron chi connectivity index (χ4n) is 1.81. The van der Waals surface area contributed by atoms with Crippen molar-refractivity contribution in [3.63, 3.8) is 0 Å². The second kappa shape index (κ2) is 4.62. The van der Waals surface area contributed by atoms with Gasteiger partial charge < -0.3 is 4.90 Å². The summed E-state index contributed by atoms with van der Waals surface area (Å²) in [5.41, 5.74) is 0.456. The van der Waals surface area contributed by atoms with Crippen LogP contribution in [0.2, 0.25) is 0 Å². The van der Waals surface area contributed by atoms with Gasteiger partial charge in [-0.25, -0.2) is 4.98 Å². The van der Waals surface area contributed by atoms with Gasteiger partial charge in [0.2, 0.25) is 0 Å². The van der Waals surface area contributed by atoms with Gasteiger partial charge >= 0.3 is 0 Å². The van der Waals surface area contributed by atoms with E-state index in [-0.39, 0.29) is 0 Å². The summed E-state index contributed by atoms with van der Waals surface area (Å²) in [4.78, 5) is 17.3. The van der Waals surface area contributed by atoms with Crippen molar-refractivity contribution in [3.05, 3.63) is 23.9 Å². The zero-order valence-electron chi connectivity index (χ0n) is 8.45. The van der Waals surface area contributed by atoms with E-state index >= 15 is 0 Å². The van der Waals surface area contributed by atoms with Crippen LogP contribution in [0.3, 0.4) is 0 Å². The molecule has 80 valence electrons. The number of pyridine rings is 1. The third-order valence-corrected chi connectivity index (χ3v) is 2.87. The molecule has 0 radical (unpaired) electrons. The van der Waals surface area contributed by atoms with Gasteiger partial charge in [0.05, 0.1) is 5.56 Å². The number of hydrogen-bond acceptors (Lipinski definition) is 3. The van der Waals surface area contributed by atoms with E-state index in [9.17, 15) is 4.79 Å². The van der Waals surface area contributed by atoms with Crippen molar-refractivity contribution in [3.8, 4) is 0 Å². The number of nitrogens with zero attached hydrogens (tertiary/aromatic N) is 2. The van der Waals surface area contributed by atoms with Crippen molar-refractivity contribution in [2.45, 2.75) is 19.3 Å². The SMILES string of the molecule is O=C(Cl)c1ccc(N2CCCCC2)nc1. The van der Waals surface area contributed by atoms with Crippen LogP contribution < -0.4 is 4.90 Å². The largest absolute Gasteiger partial charge is 0.357 e. The maximum Gasteiger partial charge on any atom is 0.253 e. The molecule has 15 heavy (non-hydrogen) atoms. The molecule has 1 aliphatic rings. The highest BCUT2D eigenvalue weighted by atomic mass is 35.5. The first-order valence-electron chi connectivity index (χ1n) is 5.18. The smallest absolute Gasteiger partial charge is 0.253 e. The number of anilines is 1. The molecule has 0 unspecified atom stereocenters. The van der Waals surface area contributed by atoms with E-state index in [0.717, 1.165) is 18.9 Å². The quantitative estimate of drug-likeness (QED) is 0.724. The number of hydrogen-bond donors (Lipinski definition) is 0. The predicted octanol–water partition coefficient (Wildman–Crippen LogP) is 2.45. The second-order valence-corrected chi connectivity index (χ2v) is 4.07. The van der Waals surface area contributed by atoms with Crippen molar-refractivity contribution in [1.29, 1.82) is 0 Å². The molecule has 0 aliphatic carbocycles. The molecular weight excluding hydrogens is 212 g/mol. The minimum absolute atomic E-state index is 0.451. The third-order valence-electron chi connectivity index (χ3n) is 2.65. The minimum atomic E-state index is -0.451. The van der Waals surface area contributed by atoms with Gasteiger partial charge in [-0.05, 0) is 43.0 Å². The lowest BCUT2D eigenvalue weighted by molar-refractivity contribution is 0.108. The first-order valence-corrected chi connectivity index (χ1v) is 5.56. The summed E-state index contributed by atoms with van der Waals surface area (Å²) >= 11 is 5.35. The van der Waals surface area contributed by atoms with Crippen LogP contribution in [-0.4, -0.2) is 23.3 Å². The molecule has 4 heteroatoms. The Bertz CT molecular complexity index is 344. The summed E-state index contributed by atoms with van der Waals surface area (Å²) in [7, 11) is 0. The Kier molecular flexibility index (Phi) is 3.21. The molecule has 0 saturated carbocycles. The number of rotatable bonds is 2. The van der Waals surface area contributed by atoms with Crippen LogP contribution in [0.25, 0.3) is 0 Å². The molecule has 1 fully saturated rings. The molecule has 0 N–H and O–H groups in total. The van der Waals surface area contributed by atoms with Crippen LogP contribution in [0.5, 0.6) is 0 Å². The molecule has 3 nitrogen and oxygen atoms in total. The molecule has 1 aromatic rings. The van der Waals surface area contributed by atoms with E-state index in [4.69, 9.17) is 11.6 Å². The molecule has 0 bridgehead atoms. The van der Waals surface area contributed by atoms with E-state index in [1.54, 1.807) is 12.3 Å². The van der Waals surface area contributed by atoms with Crippen molar-refractivity contribution < 1.29 is 4.79 Å². The van der Waals surface area contributed by atoms with Gasteiger partial charge in [0.25, 0.3) is 5.24 Å². The molecular formula is C11H13ClN2O. The molecule has 2 rings (SSSR count). The predicted molar refractivity (Wildman–Crippen MR) is 60.5 cm³/mol. The van der Waals surface area contributed by atoms with E-state index in [1.807, 2.05) is 6.07 Å². The highest BCUT2D eigenvalue weighted by Crippen LogP contribution is 2.17. The van der Waals surface area contributed by atoms with Crippen LogP contribution >= 0.6 is 11.6 Å². The topological polar surface area (TPSA) is 33.2 Å². The lowest BCUT2D eigenvalue weighted by Gasteiger charge is -2.27. The van der Waals surface area contributed by atoms with E-state index in [2.05, 4.69) is 9.88 Å². The first kappa shape index (κ1) is 10.4. The van der Waals surface area contributed by atoms with Crippen molar-refractivity contribution in [2.24, 2.45) is 0 Å². The Morgan fingerprint density at radius 3 is 2.53 bits per heavy atom. The number of halogens is 1. The monoisotopic (exact) mass is 224 g/mol. The summed E-state index contributed by atoms with van der Waals surface area (Å²) in [6.07, 6.45) is 5.28. The Morgan fingerprint density at radius 2 is 2.00 bits per heavy atom. The van der Waals surface area contributed by atoms with Crippen LogP contribution in [0.4, 0.5) is 5.82 Å². The molecule has 0 spiro atoms. The van der Waals surface area contributed by atoms with Gasteiger partial charge in [0.15, 0.2) is 0 Å². The molecule has 0 amide bonds. The van der Waals surface area contributed by atoms with Crippen molar-refractivity contribution >= 4 is 22.7 Å². The Hall–Kier alpha value is -1.09. The standard InChI is InChI=1S/C11H13ClN2O/c12-11(15)9-4-5-10(13-8-9)14-6-2-1-3-7-14/h4-5,8H,1-3,6-7H2. The second-order valence-electron chi connectivity index (χ2n) is 3.73. The average molecular weight is 225 g/mol. The number of carbonyl (C=O) groups is 1. The molecule has 0 aromatic carbocycles. The lowest BCUT2D eigenvalue weighted by Crippen LogP contribution is -2.30. The maximum atomic E-state index is 10.8. The van der Waals surface area contributed by atoms with Gasteiger partial charge in [-0.15, -0.1) is 0 Å². The van der Waals surface area contributed by atoms with Gasteiger partial charge in [-0.3, -0.25) is 4.79 Å². The van der Waals surface area contributed by atoms with E-state index in [0.29, 0.717) is 5.56 Å². The fraction of sp³-hybridized carbons (Fsp3) is 0.455.